The lowest BCUT2D eigenvalue weighted by Crippen LogP contribution is -2.26. The van der Waals surface area contributed by atoms with Crippen LogP contribution >= 0.6 is 0 Å². The van der Waals surface area contributed by atoms with Gasteiger partial charge in [-0.05, 0) is 31.9 Å². The summed E-state index contributed by atoms with van der Waals surface area (Å²) in [7, 11) is -3.07. The summed E-state index contributed by atoms with van der Waals surface area (Å²) in [4.78, 5) is 25.5. The highest BCUT2D eigenvalue weighted by Gasteiger charge is 2.31. The van der Waals surface area contributed by atoms with Crippen LogP contribution < -0.4 is 11.0 Å². The van der Waals surface area contributed by atoms with Crippen LogP contribution in [0.15, 0.2) is 35.1 Å². The first-order valence-corrected chi connectivity index (χ1v) is 12.4. The van der Waals surface area contributed by atoms with Gasteiger partial charge in [-0.15, -0.1) is 0 Å². The number of nitrogens with zero attached hydrogens (tertiary/aromatic N) is 4. The van der Waals surface area contributed by atoms with E-state index in [1.54, 1.807) is 26.8 Å². The second kappa shape index (κ2) is 8.33. The Morgan fingerprint density at radius 2 is 1.87 bits per heavy atom. The first-order valence-electron chi connectivity index (χ1n) is 10.5. The van der Waals surface area contributed by atoms with Gasteiger partial charge in [0, 0.05) is 25.6 Å². The van der Waals surface area contributed by atoms with Crippen molar-refractivity contribution in [2.75, 3.05) is 16.8 Å². The van der Waals surface area contributed by atoms with E-state index in [0.717, 1.165) is 17.5 Å². The quantitative estimate of drug-likeness (QED) is 0.599. The number of aromatic nitrogens is 4. The molecule has 0 bridgehead atoms. The number of rotatable bonds is 7. The molecule has 1 atom stereocenters. The third kappa shape index (κ3) is 4.30. The zero-order valence-electron chi connectivity index (χ0n) is 17.7. The lowest BCUT2D eigenvalue weighted by Gasteiger charge is -2.14. The maximum Gasteiger partial charge on any atom is 0.329 e. The lowest BCUT2D eigenvalue weighted by molar-refractivity contribution is -0.116. The molecule has 1 amide bonds. The zero-order valence-corrected chi connectivity index (χ0v) is 18.6. The van der Waals surface area contributed by atoms with Crippen molar-refractivity contribution in [3.8, 4) is 0 Å². The predicted octanol–water partition coefficient (Wildman–Crippen LogP) is 2.11. The molecule has 166 valence electrons. The van der Waals surface area contributed by atoms with Crippen LogP contribution in [0.3, 0.4) is 0 Å². The molecule has 0 saturated carbocycles. The Bertz CT molecular complexity index is 1280. The number of imidazole rings is 1. The van der Waals surface area contributed by atoms with Crippen LogP contribution in [-0.2, 0) is 27.7 Å². The van der Waals surface area contributed by atoms with Crippen molar-refractivity contribution in [3.05, 3.63) is 46.5 Å². The monoisotopic (exact) mass is 445 g/mol. The summed E-state index contributed by atoms with van der Waals surface area (Å²) in [6, 6.07) is 9.05. The number of anilines is 1. The Hall–Kier alpha value is -2.88. The molecule has 0 aliphatic carbocycles. The molecule has 0 spiro atoms. The third-order valence-corrected chi connectivity index (χ3v) is 7.36. The first-order chi connectivity index (χ1) is 14.8. The number of hydrogen-bond acceptors (Lipinski definition) is 5. The summed E-state index contributed by atoms with van der Waals surface area (Å²) >= 11 is 0. The van der Waals surface area contributed by atoms with Crippen molar-refractivity contribution in [2.45, 2.75) is 52.2 Å². The lowest BCUT2D eigenvalue weighted by atomic mass is 10.3. The fourth-order valence-electron chi connectivity index (χ4n) is 4.20. The van der Waals surface area contributed by atoms with Gasteiger partial charge in [-0.3, -0.25) is 13.9 Å². The Balaban J connectivity index is 1.50. The number of carbonyl (C=O) groups excluding carboxylic acids is 1. The molecule has 1 saturated heterocycles. The maximum absolute atomic E-state index is 12.9. The highest BCUT2D eigenvalue weighted by Crippen LogP contribution is 2.27. The van der Waals surface area contributed by atoms with Crippen LogP contribution in [0.4, 0.5) is 5.82 Å². The largest absolute Gasteiger partial charge is 0.329 e. The second-order valence-corrected chi connectivity index (χ2v) is 10.3. The van der Waals surface area contributed by atoms with E-state index in [0.29, 0.717) is 24.5 Å². The van der Waals surface area contributed by atoms with E-state index in [1.165, 1.54) is 0 Å². The van der Waals surface area contributed by atoms with Gasteiger partial charge in [0.05, 0.1) is 34.3 Å². The van der Waals surface area contributed by atoms with E-state index < -0.39 is 9.84 Å². The Morgan fingerprint density at radius 1 is 1.19 bits per heavy atom. The average molecular weight is 446 g/mol. The SMILES string of the molecule is CCCn1c(=O)n(CCC(=O)Nc2cc(C)nn2[C@H]2CCS(=O)(=O)C2)c2ccccc21. The van der Waals surface area contributed by atoms with E-state index in [2.05, 4.69) is 10.4 Å². The summed E-state index contributed by atoms with van der Waals surface area (Å²) in [6.07, 6.45) is 1.44. The minimum absolute atomic E-state index is 0.0311. The molecule has 31 heavy (non-hydrogen) atoms. The van der Waals surface area contributed by atoms with E-state index in [4.69, 9.17) is 0 Å². The molecule has 10 heteroatoms. The Kier molecular flexibility index (Phi) is 5.74. The van der Waals surface area contributed by atoms with Crippen LogP contribution in [0.5, 0.6) is 0 Å². The number of aryl methyl sites for hydroxylation is 3. The maximum atomic E-state index is 12.9. The number of hydrogen-bond donors (Lipinski definition) is 1. The van der Waals surface area contributed by atoms with Crippen molar-refractivity contribution in [3.63, 3.8) is 0 Å². The van der Waals surface area contributed by atoms with Crippen LogP contribution in [0.25, 0.3) is 11.0 Å². The smallest absolute Gasteiger partial charge is 0.311 e. The highest BCUT2D eigenvalue weighted by molar-refractivity contribution is 7.91. The molecule has 1 aliphatic heterocycles. The molecule has 1 aromatic carbocycles. The minimum Gasteiger partial charge on any atom is -0.311 e. The summed E-state index contributed by atoms with van der Waals surface area (Å²) in [5.74, 6) is 0.407. The van der Waals surface area contributed by atoms with E-state index in [9.17, 15) is 18.0 Å². The number of para-hydroxylation sites is 2. The summed E-state index contributed by atoms with van der Waals surface area (Å²) in [5, 5.41) is 7.24. The van der Waals surface area contributed by atoms with E-state index in [1.807, 2.05) is 31.2 Å². The van der Waals surface area contributed by atoms with Crippen molar-refractivity contribution in [2.24, 2.45) is 0 Å². The number of fused-ring (bicyclic) bond motifs is 1. The molecule has 2 aromatic heterocycles. The van der Waals surface area contributed by atoms with Gasteiger partial charge in [-0.2, -0.15) is 5.10 Å². The van der Waals surface area contributed by atoms with E-state index >= 15 is 0 Å². The predicted molar refractivity (Wildman–Crippen MR) is 119 cm³/mol. The molecular weight excluding hydrogens is 418 g/mol. The number of sulfone groups is 1. The van der Waals surface area contributed by atoms with Gasteiger partial charge in [0.2, 0.25) is 5.91 Å². The zero-order chi connectivity index (χ0) is 22.2. The molecule has 0 unspecified atom stereocenters. The molecular formula is C21H27N5O4S. The van der Waals surface area contributed by atoms with Gasteiger partial charge in [-0.1, -0.05) is 19.1 Å². The van der Waals surface area contributed by atoms with Crippen molar-refractivity contribution >= 4 is 32.6 Å². The van der Waals surface area contributed by atoms with Crippen molar-refractivity contribution < 1.29 is 13.2 Å². The average Bonchev–Trinajstić information content (AvgIpc) is 3.35. The number of benzene rings is 1. The normalized spacial score (nSPS) is 17.9. The Morgan fingerprint density at radius 3 is 2.48 bits per heavy atom. The van der Waals surface area contributed by atoms with Gasteiger partial charge in [-0.25, -0.2) is 17.9 Å². The number of carbonyl (C=O) groups is 1. The van der Waals surface area contributed by atoms with Crippen molar-refractivity contribution in [1.82, 2.24) is 18.9 Å². The highest BCUT2D eigenvalue weighted by atomic mass is 32.2. The molecule has 9 nitrogen and oxygen atoms in total. The van der Waals surface area contributed by atoms with Gasteiger partial charge < -0.3 is 5.32 Å². The molecule has 1 N–H and O–H groups in total. The van der Waals surface area contributed by atoms with Crippen LogP contribution in [0.1, 0.15) is 37.9 Å². The Labute approximate surface area is 180 Å². The van der Waals surface area contributed by atoms with Gasteiger partial charge in [0.1, 0.15) is 5.82 Å². The molecule has 1 fully saturated rings. The summed E-state index contributed by atoms with van der Waals surface area (Å²) in [6.45, 7) is 4.71. The molecule has 0 radical (unpaired) electrons. The number of amides is 1. The fraction of sp³-hybridized carbons (Fsp3) is 0.476. The number of nitrogens with one attached hydrogen (secondary N) is 1. The summed E-state index contributed by atoms with van der Waals surface area (Å²) < 4.78 is 28.7. The first kappa shape index (κ1) is 21.4. The third-order valence-electron chi connectivity index (χ3n) is 5.61. The van der Waals surface area contributed by atoms with Gasteiger partial charge in [0.25, 0.3) is 0 Å². The molecule has 4 rings (SSSR count). The van der Waals surface area contributed by atoms with Gasteiger partial charge >= 0.3 is 5.69 Å². The molecule has 1 aliphatic rings. The van der Waals surface area contributed by atoms with E-state index in [-0.39, 0.29) is 42.1 Å². The van der Waals surface area contributed by atoms with Crippen LogP contribution in [0.2, 0.25) is 0 Å². The van der Waals surface area contributed by atoms with Gasteiger partial charge in [0.15, 0.2) is 9.84 Å². The fourth-order valence-corrected chi connectivity index (χ4v) is 5.90. The summed E-state index contributed by atoms with van der Waals surface area (Å²) in [5.41, 5.74) is 2.27. The molecule has 3 heterocycles. The second-order valence-electron chi connectivity index (χ2n) is 8.05. The topological polar surface area (TPSA) is 108 Å². The standard InChI is InChI=1S/C21H27N5O4S/c1-3-10-24-17-6-4-5-7-18(17)25(21(24)28)11-8-20(27)22-19-13-15(2)23-26(19)16-9-12-31(29,30)14-16/h4-7,13,16H,3,8-12,14H2,1-2H3,(H,22,27)/t16-/m0/s1. The minimum atomic E-state index is -3.07. The van der Waals surface area contributed by atoms with Crippen molar-refractivity contribution in [1.29, 1.82) is 0 Å². The molecule has 3 aromatic rings. The van der Waals surface area contributed by atoms with Crippen LogP contribution in [0, 0.1) is 6.92 Å². The van der Waals surface area contributed by atoms with Crippen LogP contribution in [-0.4, -0.2) is 44.7 Å².